The molecule has 0 amide bonds. The molecular formula is C17H29NO2. The third-order valence-electron chi connectivity index (χ3n) is 3.53. The molecule has 114 valence electrons. The molecule has 0 spiro atoms. The Labute approximate surface area is 123 Å². The third kappa shape index (κ3) is 6.51. The molecule has 1 aromatic carbocycles. The van der Waals surface area contributed by atoms with E-state index < -0.39 is 6.10 Å². The molecule has 3 nitrogen and oxygen atoms in total. The van der Waals surface area contributed by atoms with E-state index in [1.807, 2.05) is 12.1 Å². The van der Waals surface area contributed by atoms with Crippen LogP contribution in [0.4, 0.5) is 0 Å². The fourth-order valence-electron chi connectivity index (χ4n) is 2.13. The molecule has 0 saturated carbocycles. The van der Waals surface area contributed by atoms with E-state index in [0.717, 1.165) is 31.6 Å². The van der Waals surface area contributed by atoms with Gasteiger partial charge in [0.2, 0.25) is 0 Å². The average Bonchev–Trinajstić information content (AvgIpc) is 2.46. The molecule has 0 bridgehead atoms. The second-order valence-electron chi connectivity index (χ2n) is 5.59. The number of aliphatic hydroxyl groups excluding tert-OH is 1. The monoisotopic (exact) mass is 279 g/mol. The van der Waals surface area contributed by atoms with Gasteiger partial charge in [0.15, 0.2) is 0 Å². The van der Waals surface area contributed by atoms with Gasteiger partial charge in [-0.1, -0.05) is 38.1 Å². The van der Waals surface area contributed by atoms with Crippen molar-refractivity contribution in [3.05, 3.63) is 35.4 Å². The minimum atomic E-state index is -0.421. The highest BCUT2D eigenvalue weighted by atomic mass is 16.5. The van der Waals surface area contributed by atoms with E-state index in [4.69, 9.17) is 4.74 Å². The number of aliphatic hydroxyl groups is 1. The van der Waals surface area contributed by atoms with Gasteiger partial charge in [-0.05, 0) is 42.9 Å². The number of unbranched alkanes of at least 4 members (excludes halogenated alkanes) is 2. The molecule has 20 heavy (non-hydrogen) atoms. The second-order valence-corrected chi connectivity index (χ2v) is 5.59. The molecule has 0 fully saturated rings. The SMILES string of the molecule is COCCCCCNCC(O)c1ccc(C(C)C)cc1. The third-order valence-corrected chi connectivity index (χ3v) is 3.53. The topological polar surface area (TPSA) is 41.5 Å². The Balaban J connectivity index is 2.20. The van der Waals surface area contributed by atoms with Crippen molar-refractivity contribution in [2.45, 2.75) is 45.1 Å². The Hall–Kier alpha value is -0.900. The van der Waals surface area contributed by atoms with Gasteiger partial charge in [-0.25, -0.2) is 0 Å². The standard InChI is InChI=1S/C17H29NO2/c1-14(2)15-7-9-16(10-8-15)17(19)13-18-11-5-4-6-12-20-3/h7-10,14,17-19H,4-6,11-13H2,1-3H3. The first-order valence-corrected chi connectivity index (χ1v) is 7.62. The van der Waals surface area contributed by atoms with Crippen LogP contribution in [-0.2, 0) is 4.74 Å². The van der Waals surface area contributed by atoms with Crippen LogP contribution in [-0.4, -0.2) is 31.9 Å². The first-order valence-electron chi connectivity index (χ1n) is 7.62. The molecule has 0 radical (unpaired) electrons. The van der Waals surface area contributed by atoms with Crippen LogP contribution in [0.1, 0.15) is 56.3 Å². The van der Waals surface area contributed by atoms with Gasteiger partial charge in [0.25, 0.3) is 0 Å². The van der Waals surface area contributed by atoms with Gasteiger partial charge in [-0.15, -0.1) is 0 Å². The number of hydrogen-bond donors (Lipinski definition) is 2. The molecule has 0 heterocycles. The zero-order valence-electron chi connectivity index (χ0n) is 13.1. The summed E-state index contributed by atoms with van der Waals surface area (Å²) in [6.45, 7) is 6.76. The predicted molar refractivity (Wildman–Crippen MR) is 84.1 cm³/mol. The molecular weight excluding hydrogens is 250 g/mol. The van der Waals surface area contributed by atoms with E-state index in [2.05, 4.69) is 31.3 Å². The van der Waals surface area contributed by atoms with Crippen LogP contribution in [0.15, 0.2) is 24.3 Å². The van der Waals surface area contributed by atoms with Crippen molar-refractivity contribution >= 4 is 0 Å². The Morgan fingerprint density at radius 2 is 1.70 bits per heavy atom. The normalized spacial score (nSPS) is 12.8. The van der Waals surface area contributed by atoms with Gasteiger partial charge in [-0.2, -0.15) is 0 Å². The summed E-state index contributed by atoms with van der Waals surface area (Å²) in [6.07, 6.45) is 2.98. The number of methoxy groups -OCH3 is 1. The highest BCUT2D eigenvalue weighted by molar-refractivity contribution is 5.26. The summed E-state index contributed by atoms with van der Waals surface area (Å²) >= 11 is 0. The van der Waals surface area contributed by atoms with E-state index in [-0.39, 0.29) is 0 Å². The lowest BCUT2D eigenvalue weighted by Crippen LogP contribution is -2.22. The highest BCUT2D eigenvalue weighted by Crippen LogP contribution is 2.18. The maximum absolute atomic E-state index is 10.1. The quantitative estimate of drug-likeness (QED) is 0.646. The number of ether oxygens (including phenoxy) is 1. The van der Waals surface area contributed by atoms with Gasteiger partial charge < -0.3 is 15.2 Å². The number of rotatable bonds is 10. The molecule has 1 rings (SSSR count). The van der Waals surface area contributed by atoms with Crippen molar-refractivity contribution in [3.63, 3.8) is 0 Å². The number of nitrogens with one attached hydrogen (secondary N) is 1. The molecule has 0 aliphatic heterocycles. The Morgan fingerprint density at radius 1 is 1.05 bits per heavy atom. The zero-order chi connectivity index (χ0) is 14.8. The maximum atomic E-state index is 10.1. The molecule has 1 unspecified atom stereocenters. The summed E-state index contributed by atoms with van der Waals surface area (Å²) in [7, 11) is 1.74. The van der Waals surface area contributed by atoms with Crippen LogP contribution < -0.4 is 5.32 Å². The van der Waals surface area contributed by atoms with E-state index in [1.54, 1.807) is 7.11 Å². The molecule has 1 atom stereocenters. The van der Waals surface area contributed by atoms with E-state index in [1.165, 1.54) is 12.0 Å². The summed E-state index contributed by atoms with van der Waals surface area (Å²) in [4.78, 5) is 0. The Morgan fingerprint density at radius 3 is 2.30 bits per heavy atom. The van der Waals surface area contributed by atoms with Crippen LogP contribution >= 0.6 is 0 Å². The summed E-state index contributed by atoms with van der Waals surface area (Å²) in [6, 6.07) is 8.27. The van der Waals surface area contributed by atoms with Crippen molar-refractivity contribution < 1.29 is 9.84 Å². The minimum absolute atomic E-state index is 0.421. The van der Waals surface area contributed by atoms with Gasteiger partial charge in [0.1, 0.15) is 0 Å². The van der Waals surface area contributed by atoms with Gasteiger partial charge in [-0.3, -0.25) is 0 Å². The molecule has 0 aromatic heterocycles. The van der Waals surface area contributed by atoms with Crippen molar-refractivity contribution in [1.29, 1.82) is 0 Å². The Bertz CT molecular complexity index is 349. The summed E-state index contributed by atoms with van der Waals surface area (Å²) in [5.41, 5.74) is 2.30. The first kappa shape index (κ1) is 17.2. The lowest BCUT2D eigenvalue weighted by atomic mass is 10.00. The van der Waals surface area contributed by atoms with Crippen molar-refractivity contribution in [2.75, 3.05) is 26.8 Å². The zero-order valence-corrected chi connectivity index (χ0v) is 13.1. The highest BCUT2D eigenvalue weighted by Gasteiger charge is 2.07. The molecule has 0 aliphatic carbocycles. The van der Waals surface area contributed by atoms with Crippen LogP contribution in [0, 0.1) is 0 Å². The van der Waals surface area contributed by atoms with Crippen LogP contribution in [0.25, 0.3) is 0 Å². The largest absolute Gasteiger partial charge is 0.387 e. The smallest absolute Gasteiger partial charge is 0.0914 e. The Kier molecular flexibility index (Phi) is 8.51. The summed E-state index contributed by atoms with van der Waals surface area (Å²) in [5, 5.41) is 13.4. The van der Waals surface area contributed by atoms with E-state index in [0.29, 0.717) is 12.5 Å². The molecule has 3 heteroatoms. The van der Waals surface area contributed by atoms with Crippen LogP contribution in [0.2, 0.25) is 0 Å². The van der Waals surface area contributed by atoms with Crippen LogP contribution in [0.3, 0.4) is 0 Å². The first-order chi connectivity index (χ1) is 9.65. The van der Waals surface area contributed by atoms with E-state index >= 15 is 0 Å². The number of benzene rings is 1. The fraction of sp³-hybridized carbons (Fsp3) is 0.647. The molecule has 0 saturated heterocycles. The minimum Gasteiger partial charge on any atom is -0.387 e. The lowest BCUT2D eigenvalue weighted by molar-refractivity contribution is 0.173. The van der Waals surface area contributed by atoms with Gasteiger partial charge in [0, 0.05) is 20.3 Å². The molecule has 1 aromatic rings. The molecule has 2 N–H and O–H groups in total. The van der Waals surface area contributed by atoms with E-state index in [9.17, 15) is 5.11 Å². The van der Waals surface area contributed by atoms with Crippen molar-refractivity contribution in [3.8, 4) is 0 Å². The van der Waals surface area contributed by atoms with Crippen LogP contribution in [0.5, 0.6) is 0 Å². The number of hydrogen-bond acceptors (Lipinski definition) is 3. The summed E-state index contributed by atoms with van der Waals surface area (Å²) in [5.74, 6) is 0.534. The fourth-order valence-corrected chi connectivity index (χ4v) is 2.13. The average molecular weight is 279 g/mol. The van der Waals surface area contributed by atoms with Crippen molar-refractivity contribution in [1.82, 2.24) is 5.32 Å². The predicted octanol–water partition coefficient (Wildman–Crippen LogP) is 3.25. The molecule has 0 aliphatic rings. The van der Waals surface area contributed by atoms with Crippen molar-refractivity contribution in [2.24, 2.45) is 0 Å². The maximum Gasteiger partial charge on any atom is 0.0914 e. The van der Waals surface area contributed by atoms with Gasteiger partial charge in [0.05, 0.1) is 6.10 Å². The van der Waals surface area contributed by atoms with Gasteiger partial charge >= 0.3 is 0 Å². The second kappa shape index (κ2) is 9.92. The lowest BCUT2D eigenvalue weighted by Gasteiger charge is -2.13. The summed E-state index contributed by atoms with van der Waals surface area (Å²) < 4.78 is 5.01.